The van der Waals surface area contributed by atoms with Crippen LogP contribution in [0.25, 0.3) is 28.2 Å². The van der Waals surface area contributed by atoms with Gasteiger partial charge in [-0.1, -0.05) is 30.3 Å². The van der Waals surface area contributed by atoms with Crippen LogP contribution in [-0.4, -0.2) is 49.5 Å². The highest BCUT2D eigenvalue weighted by atomic mass is 16.2. The zero-order valence-corrected chi connectivity index (χ0v) is 19.1. The van der Waals surface area contributed by atoms with Crippen molar-refractivity contribution in [3.63, 3.8) is 0 Å². The Morgan fingerprint density at radius 2 is 1.85 bits per heavy atom. The van der Waals surface area contributed by atoms with Gasteiger partial charge >= 0.3 is 0 Å². The van der Waals surface area contributed by atoms with Gasteiger partial charge in [0.05, 0.1) is 23.1 Å². The molecule has 1 amide bonds. The first kappa shape index (κ1) is 21.0. The van der Waals surface area contributed by atoms with Crippen molar-refractivity contribution in [2.24, 2.45) is 5.73 Å². The van der Waals surface area contributed by atoms with E-state index < -0.39 is 0 Å². The van der Waals surface area contributed by atoms with Gasteiger partial charge in [0, 0.05) is 48.1 Å². The number of fused-ring (bicyclic) bond motifs is 1. The predicted octanol–water partition coefficient (Wildman–Crippen LogP) is 4.29. The number of pyridine rings is 1. The van der Waals surface area contributed by atoms with Gasteiger partial charge in [0.25, 0.3) is 5.91 Å². The third kappa shape index (κ3) is 3.86. The highest BCUT2D eigenvalue weighted by Crippen LogP contribution is 2.40. The van der Waals surface area contributed by atoms with Crippen LogP contribution in [0.4, 0.5) is 0 Å². The maximum Gasteiger partial charge on any atom is 0.254 e. The SMILES string of the molecule is NCC1CCCCN1C(=O)c1cc(-c2cnn3ccc(-c4ccccc4)nc23)nc(C2CC2)c1. The summed E-state index contributed by atoms with van der Waals surface area (Å²) in [5.41, 5.74) is 11.9. The fourth-order valence-corrected chi connectivity index (χ4v) is 4.90. The Labute approximate surface area is 198 Å². The molecular weight excluding hydrogens is 424 g/mol. The summed E-state index contributed by atoms with van der Waals surface area (Å²) in [6.07, 6.45) is 9.07. The van der Waals surface area contributed by atoms with Crippen LogP contribution in [0, 0.1) is 0 Å². The molecule has 34 heavy (non-hydrogen) atoms. The molecule has 4 aromatic rings. The molecule has 1 aromatic carbocycles. The van der Waals surface area contributed by atoms with Gasteiger partial charge < -0.3 is 10.6 Å². The molecular formula is C27H28N6O. The second kappa shape index (κ2) is 8.65. The van der Waals surface area contributed by atoms with Crippen LogP contribution in [0.15, 0.2) is 60.9 Å². The van der Waals surface area contributed by atoms with Gasteiger partial charge in [-0.25, -0.2) is 9.50 Å². The fourth-order valence-electron chi connectivity index (χ4n) is 4.90. The van der Waals surface area contributed by atoms with E-state index in [1.54, 1.807) is 10.7 Å². The van der Waals surface area contributed by atoms with Crippen molar-refractivity contribution in [2.45, 2.75) is 44.1 Å². The van der Waals surface area contributed by atoms with Crippen LogP contribution >= 0.6 is 0 Å². The Balaban J connectivity index is 1.43. The molecule has 0 spiro atoms. The molecule has 1 unspecified atom stereocenters. The number of aromatic nitrogens is 4. The molecule has 1 aliphatic heterocycles. The molecule has 1 aliphatic carbocycles. The minimum Gasteiger partial charge on any atom is -0.334 e. The number of piperidine rings is 1. The van der Waals surface area contributed by atoms with Crippen molar-refractivity contribution in [1.82, 2.24) is 24.5 Å². The molecule has 7 heteroatoms. The molecule has 0 radical (unpaired) electrons. The first-order chi connectivity index (χ1) is 16.7. The Kier molecular flexibility index (Phi) is 5.34. The molecule has 1 saturated carbocycles. The third-order valence-electron chi connectivity index (χ3n) is 6.96. The second-order valence-corrected chi connectivity index (χ2v) is 9.33. The number of hydrogen-bond acceptors (Lipinski definition) is 5. The van der Waals surface area contributed by atoms with E-state index in [0.717, 1.165) is 72.5 Å². The molecule has 7 nitrogen and oxygen atoms in total. The lowest BCUT2D eigenvalue weighted by Gasteiger charge is -2.35. The molecule has 1 atom stereocenters. The van der Waals surface area contributed by atoms with Gasteiger partial charge in [-0.3, -0.25) is 9.78 Å². The maximum atomic E-state index is 13.6. The van der Waals surface area contributed by atoms with E-state index in [1.807, 2.05) is 59.6 Å². The molecule has 4 heterocycles. The Morgan fingerprint density at radius 3 is 2.65 bits per heavy atom. The van der Waals surface area contributed by atoms with E-state index in [1.165, 1.54) is 0 Å². The van der Waals surface area contributed by atoms with Gasteiger partial charge in [-0.05, 0) is 50.3 Å². The van der Waals surface area contributed by atoms with Gasteiger partial charge in [0.1, 0.15) is 0 Å². The predicted molar refractivity (Wildman–Crippen MR) is 131 cm³/mol. The maximum absolute atomic E-state index is 13.6. The first-order valence-electron chi connectivity index (χ1n) is 12.1. The molecule has 2 fully saturated rings. The number of likely N-dealkylation sites (tertiary alicyclic amines) is 1. The van der Waals surface area contributed by atoms with Crippen LogP contribution in [0.3, 0.4) is 0 Å². The number of nitrogens with zero attached hydrogens (tertiary/aromatic N) is 5. The fraction of sp³-hybridized carbons (Fsp3) is 0.333. The van der Waals surface area contributed by atoms with Crippen molar-refractivity contribution >= 4 is 11.6 Å². The number of amides is 1. The van der Waals surface area contributed by atoms with Crippen molar-refractivity contribution < 1.29 is 4.79 Å². The highest BCUT2D eigenvalue weighted by molar-refractivity contribution is 5.96. The summed E-state index contributed by atoms with van der Waals surface area (Å²) in [6.45, 7) is 1.26. The van der Waals surface area contributed by atoms with Crippen molar-refractivity contribution in [1.29, 1.82) is 0 Å². The first-order valence-corrected chi connectivity index (χ1v) is 12.1. The normalized spacial score (nSPS) is 18.4. The summed E-state index contributed by atoms with van der Waals surface area (Å²) in [6, 6.07) is 16.1. The smallest absolute Gasteiger partial charge is 0.254 e. The standard InChI is InChI=1S/C27H28N6O/c28-16-21-8-4-5-12-32(21)27(34)20-14-24(19-9-10-19)30-25(15-20)22-17-29-33-13-11-23(31-26(22)33)18-6-2-1-3-7-18/h1-3,6-7,11,13-15,17,19,21H,4-5,8-10,12,16,28H2. The summed E-state index contributed by atoms with van der Waals surface area (Å²) in [4.78, 5) is 25.4. The van der Waals surface area contributed by atoms with E-state index in [0.29, 0.717) is 18.0 Å². The molecule has 0 bridgehead atoms. The Hall–Kier alpha value is -3.58. The van der Waals surface area contributed by atoms with Gasteiger partial charge in [0.15, 0.2) is 5.65 Å². The molecule has 172 valence electrons. The zero-order valence-electron chi connectivity index (χ0n) is 19.1. The van der Waals surface area contributed by atoms with E-state index in [2.05, 4.69) is 5.10 Å². The van der Waals surface area contributed by atoms with Gasteiger partial charge in [0.2, 0.25) is 0 Å². The second-order valence-electron chi connectivity index (χ2n) is 9.33. The van der Waals surface area contributed by atoms with Crippen LogP contribution < -0.4 is 5.73 Å². The summed E-state index contributed by atoms with van der Waals surface area (Å²) in [5, 5.41) is 4.51. The zero-order chi connectivity index (χ0) is 23.1. The Bertz CT molecular complexity index is 1340. The minimum atomic E-state index is 0.0510. The quantitative estimate of drug-likeness (QED) is 0.488. The van der Waals surface area contributed by atoms with Gasteiger partial charge in [-0.15, -0.1) is 0 Å². The number of rotatable bonds is 5. The lowest BCUT2D eigenvalue weighted by Crippen LogP contribution is -2.47. The molecule has 3 aromatic heterocycles. The average molecular weight is 453 g/mol. The number of nitrogens with two attached hydrogens (primary N) is 1. The van der Waals surface area contributed by atoms with E-state index >= 15 is 0 Å². The van der Waals surface area contributed by atoms with Crippen molar-refractivity contribution in [3.05, 3.63) is 72.2 Å². The summed E-state index contributed by atoms with van der Waals surface area (Å²) >= 11 is 0. The summed E-state index contributed by atoms with van der Waals surface area (Å²) in [5.74, 6) is 0.475. The van der Waals surface area contributed by atoms with E-state index in [4.69, 9.17) is 15.7 Å². The number of hydrogen-bond donors (Lipinski definition) is 1. The third-order valence-corrected chi connectivity index (χ3v) is 6.96. The monoisotopic (exact) mass is 452 g/mol. The molecule has 6 rings (SSSR count). The number of carbonyl (C=O) groups excluding carboxylic acids is 1. The largest absolute Gasteiger partial charge is 0.334 e. The minimum absolute atomic E-state index is 0.0510. The van der Waals surface area contributed by atoms with Crippen molar-refractivity contribution in [3.8, 4) is 22.5 Å². The number of carbonyl (C=O) groups is 1. The highest BCUT2D eigenvalue weighted by Gasteiger charge is 2.30. The Morgan fingerprint density at radius 1 is 1.00 bits per heavy atom. The number of benzene rings is 1. The summed E-state index contributed by atoms with van der Waals surface area (Å²) < 4.78 is 1.77. The van der Waals surface area contributed by atoms with Crippen molar-refractivity contribution in [2.75, 3.05) is 13.1 Å². The molecule has 1 saturated heterocycles. The van der Waals surface area contributed by atoms with E-state index in [-0.39, 0.29) is 11.9 Å². The van der Waals surface area contributed by atoms with Gasteiger partial charge in [-0.2, -0.15) is 5.10 Å². The van der Waals surface area contributed by atoms with E-state index in [9.17, 15) is 4.79 Å². The lowest BCUT2D eigenvalue weighted by atomic mass is 10.00. The molecule has 2 N–H and O–H groups in total. The van der Waals surface area contributed by atoms with Crippen LogP contribution in [0.1, 0.15) is 54.1 Å². The summed E-state index contributed by atoms with van der Waals surface area (Å²) in [7, 11) is 0. The molecule has 2 aliphatic rings. The average Bonchev–Trinajstić information content (AvgIpc) is 3.67. The topological polar surface area (TPSA) is 89.4 Å². The lowest BCUT2D eigenvalue weighted by molar-refractivity contribution is 0.0623. The van der Waals surface area contributed by atoms with Crippen LogP contribution in [-0.2, 0) is 0 Å². The van der Waals surface area contributed by atoms with Crippen LogP contribution in [0.5, 0.6) is 0 Å². The van der Waals surface area contributed by atoms with Crippen LogP contribution in [0.2, 0.25) is 0 Å².